The fraction of sp³-hybridized carbons (Fsp3) is 0.533. The summed E-state index contributed by atoms with van der Waals surface area (Å²) in [5.41, 5.74) is 0.266. The van der Waals surface area contributed by atoms with Crippen molar-refractivity contribution >= 4 is 29.1 Å². The Labute approximate surface area is 130 Å². The average Bonchev–Trinajstić information content (AvgIpc) is 3.20. The number of carbonyl (C=O) groups excluding carboxylic acids is 1. The van der Waals surface area contributed by atoms with Crippen LogP contribution in [-0.4, -0.2) is 25.5 Å². The van der Waals surface area contributed by atoms with E-state index in [1.165, 1.54) is 0 Å². The SMILES string of the molecule is CCCNCCNC(=O)C1(c2c(Cl)cccc2Cl)CC1. The Morgan fingerprint density at radius 1 is 1.20 bits per heavy atom. The highest BCUT2D eigenvalue weighted by Crippen LogP contribution is 2.52. The molecule has 0 spiro atoms. The van der Waals surface area contributed by atoms with Crippen LogP contribution in [0, 0.1) is 0 Å². The van der Waals surface area contributed by atoms with Crippen LogP contribution in [0.3, 0.4) is 0 Å². The predicted molar refractivity (Wildman–Crippen MR) is 83.5 cm³/mol. The summed E-state index contributed by atoms with van der Waals surface area (Å²) >= 11 is 12.4. The van der Waals surface area contributed by atoms with Gasteiger partial charge in [-0.3, -0.25) is 4.79 Å². The van der Waals surface area contributed by atoms with E-state index in [4.69, 9.17) is 23.2 Å². The Morgan fingerprint density at radius 2 is 1.85 bits per heavy atom. The van der Waals surface area contributed by atoms with Crippen LogP contribution in [0.2, 0.25) is 10.0 Å². The molecule has 3 nitrogen and oxygen atoms in total. The van der Waals surface area contributed by atoms with Gasteiger partial charge in [-0.2, -0.15) is 0 Å². The molecular formula is C15H20Cl2N2O. The molecule has 0 atom stereocenters. The van der Waals surface area contributed by atoms with E-state index in [0.717, 1.165) is 37.9 Å². The van der Waals surface area contributed by atoms with Crippen LogP contribution in [0.4, 0.5) is 0 Å². The molecule has 0 aromatic heterocycles. The van der Waals surface area contributed by atoms with Gasteiger partial charge < -0.3 is 10.6 Å². The number of amides is 1. The second-order valence-corrected chi connectivity index (χ2v) is 6.00. The quantitative estimate of drug-likeness (QED) is 0.759. The van der Waals surface area contributed by atoms with Gasteiger partial charge in [-0.05, 0) is 37.9 Å². The number of benzene rings is 1. The molecule has 0 aliphatic heterocycles. The van der Waals surface area contributed by atoms with Crippen molar-refractivity contribution in [2.45, 2.75) is 31.6 Å². The van der Waals surface area contributed by atoms with Gasteiger partial charge in [0.25, 0.3) is 0 Å². The number of rotatable bonds is 7. The first-order chi connectivity index (χ1) is 9.62. The van der Waals surface area contributed by atoms with Crippen LogP contribution in [-0.2, 0) is 10.2 Å². The summed E-state index contributed by atoms with van der Waals surface area (Å²) in [6.07, 6.45) is 2.71. The summed E-state index contributed by atoms with van der Waals surface area (Å²) < 4.78 is 0. The average molecular weight is 315 g/mol. The van der Waals surface area contributed by atoms with Crippen molar-refractivity contribution < 1.29 is 4.79 Å². The molecule has 1 aliphatic rings. The molecular weight excluding hydrogens is 295 g/mol. The molecule has 1 saturated carbocycles. The van der Waals surface area contributed by atoms with E-state index in [-0.39, 0.29) is 5.91 Å². The summed E-state index contributed by atoms with van der Waals surface area (Å²) in [5, 5.41) is 7.39. The monoisotopic (exact) mass is 314 g/mol. The second kappa shape index (κ2) is 6.79. The van der Waals surface area contributed by atoms with Gasteiger partial charge in [0.1, 0.15) is 0 Å². The summed E-state index contributed by atoms with van der Waals surface area (Å²) in [5.74, 6) is 0.0331. The molecule has 1 aromatic carbocycles. The van der Waals surface area contributed by atoms with Gasteiger partial charge in [0.15, 0.2) is 0 Å². The first-order valence-corrected chi connectivity index (χ1v) is 7.81. The largest absolute Gasteiger partial charge is 0.354 e. The molecule has 2 N–H and O–H groups in total. The minimum Gasteiger partial charge on any atom is -0.354 e. The van der Waals surface area contributed by atoms with Crippen molar-refractivity contribution in [3.8, 4) is 0 Å². The maximum atomic E-state index is 12.4. The zero-order valence-corrected chi connectivity index (χ0v) is 13.2. The Balaban J connectivity index is 1.99. The first-order valence-electron chi connectivity index (χ1n) is 7.05. The third-order valence-corrected chi connectivity index (χ3v) is 4.27. The Hall–Kier alpha value is -0.770. The van der Waals surface area contributed by atoms with E-state index in [1.54, 1.807) is 18.2 Å². The van der Waals surface area contributed by atoms with Gasteiger partial charge in [-0.15, -0.1) is 0 Å². The van der Waals surface area contributed by atoms with Crippen LogP contribution in [0.1, 0.15) is 31.7 Å². The van der Waals surface area contributed by atoms with E-state index in [1.807, 2.05) is 0 Å². The highest BCUT2D eigenvalue weighted by Gasteiger charge is 2.53. The van der Waals surface area contributed by atoms with E-state index < -0.39 is 5.41 Å². The summed E-state index contributed by atoms with van der Waals surface area (Å²) in [6, 6.07) is 5.38. The van der Waals surface area contributed by atoms with Crippen molar-refractivity contribution in [2.75, 3.05) is 19.6 Å². The third-order valence-electron chi connectivity index (χ3n) is 3.64. The smallest absolute Gasteiger partial charge is 0.230 e. The molecule has 20 heavy (non-hydrogen) atoms. The van der Waals surface area contributed by atoms with E-state index >= 15 is 0 Å². The van der Waals surface area contributed by atoms with Crippen molar-refractivity contribution in [3.63, 3.8) is 0 Å². The van der Waals surface area contributed by atoms with Gasteiger partial charge >= 0.3 is 0 Å². The minimum atomic E-state index is -0.514. The van der Waals surface area contributed by atoms with Gasteiger partial charge in [0.05, 0.1) is 5.41 Å². The van der Waals surface area contributed by atoms with E-state index in [2.05, 4.69) is 17.6 Å². The summed E-state index contributed by atoms with van der Waals surface area (Å²) in [4.78, 5) is 12.4. The Bertz CT molecular complexity index is 467. The number of hydrogen-bond donors (Lipinski definition) is 2. The molecule has 0 bridgehead atoms. The van der Waals surface area contributed by atoms with Crippen molar-refractivity contribution in [1.82, 2.24) is 10.6 Å². The van der Waals surface area contributed by atoms with Crippen LogP contribution >= 0.6 is 23.2 Å². The minimum absolute atomic E-state index is 0.0331. The molecule has 1 aliphatic carbocycles. The van der Waals surface area contributed by atoms with Crippen LogP contribution in [0.5, 0.6) is 0 Å². The molecule has 0 radical (unpaired) electrons. The zero-order valence-electron chi connectivity index (χ0n) is 11.6. The molecule has 0 saturated heterocycles. The maximum absolute atomic E-state index is 12.4. The predicted octanol–water partition coefficient (Wildman–Crippen LogP) is 3.14. The summed E-state index contributed by atoms with van der Waals surface area (Å²) in [6.45, 7) is 4.50. The second-order valence-electron chi connectivity index (χ2n) is 5.18. The maximum Gasteiger partial charge on any atom is 0.230 e. The molecule has 2 rings (SSSR count). The fourth-order valence-electron chi connectivity index (χ4n) is 2.41. The van der Waals surface area contributed by atoms with Gasteiger partial charge in [-0.25, -0.2) is 0 Å². The Morgan fingerprint density at radius 3 is 2.40 bits per heavy atom. The molecule has 0 unspecified atom stereocenters. The highest BCUT2D eigenvalue weighted by atomic mass is 35.5. The first kappa shape index (κ1) is 15.6. The molecule has 1 amide bonds. The van der Waals surface area contributed by atoms with Gasteiger partial charge in [0.2, 0.25) is 5.91 Å². The number of nitrogens with one attached hydrogen (secondary N) is 2. The number of halogens is 2. The van der Waals surface area contributed by atoms with Crippen LogP contribution < -0.4 is 10.6 Å². The lowest BCUT2D eigenvalue weighted by atomic mass is 9.94. The lowest BCUT2D eigenvalue weighted by molar-refractivity contribution is -0.123. The molecule has 110 valence electrons. The Kier molecular flexibility index (Phi) is 5.30. The number of hydrogen-bond acceptors (Lipinski definition) is 2. The highest BCUT2D eigenvalue weighted by molar-refractivity contribution is 6.36. The van der Waals surface area contributed by atoms with Crippen molar-refractivity contribution in [3.05, 3.63) is 33.8 Å². The molecule has 5 heteroatoms. The lowest BCUT2D eigenvalue weighted by Crippen LogP contribution is -2.39. The number of carbonyl (C=O) groups is 1. The fourth-order valence-corrected chi connectivity index (χ4v) is 3.17. The van der Waals surface area contributed by atoms with Crippen molar-refractivity contribution in [1.29, 1.82) is 0 Å². The van der Waals surface area contributed by atoms with Gasteiger partial charge in [0, 0.05) is 28.7 Å². The molecule has 1 fully saturated rings. The van der Waals surface area contributed by atoms with Crippen molar-refractivity contribution in [2.24, 2.45) is 0 Å². The summed E-state index contributed by atoms with van der Waals surface area (Å²) in [7, 11) is 0. The zero-order chi connectivity index (χ0) is 14.6. The van der Waals surface area contributed by atoms with Gasteiger partial charge in [-0.1, -0.05) is 36.2 Å². The molecule has 1 aromatic rings. The van der Waals surface area contributed by atoms with Crippen LogP contribution in [0.15, 0.2) is 18.2 Å². The third kappa shape index (κ3) is 3.27. The van der Waals surface area contributed by atoms with Crippen LogP contribution in [0.25, 0.3) is 0 Å². The van der Waals surface area contributed by atoms with E-state index in [0.29, 0.717) is 16.6 Å². The topological polar surface area (TPSA) is 41.1 Å². The lowest BCUT2D eigenvalue weighted by Gasteiger charge is -2.18. The standard InChI is InChI=1S/C15H20Cl2N2O/c1-2-8-18-9-10-19-14(20)15(6-7-15)13-11(16)4-3-5-12(13)17/h3-5,18H,2,6-10H2,1H3,(H,19,20). The van der Waals surface area contributed by atoms with E-state index in [9.17, 15) is 4.79 Å². The molecule has 0 heterocycles. The normalized spacial score (nSPS) is 15.9.